The molecule has 0 radical (unpaired) electrons. The fraction of sp³-hybridized carbons (Fsp3) is 0.160. The van der Waals surface area contributed by atoms with Crippen molar-refractivity contribution in [1.82, 2.24) is 14.8 Å². The van der Waals surface area contributed by atoms with E-state index in [-0.39, 0.29) is 11.7 Å². The third kappa shape index (κ3) is 4.87. The quantitative estimate of drug-likeness (QED) is 0.344. The second-order valence-electron chi connectivity index (χ2n) is 7.57. The highest BCUT2D eigenvalue weighted by atomic mass is 35.5. The molecule has 1 N–H and O–H groups in total. The minimum Gasteiger partial charge on any atom is -0.325 e. The third-order valence-electron chi connectivity index (χ3n) is 5.24. The normalized spacial score (nSPS) is 10.9. The van der Waals surface area contributed by atoms with Gasteiger partial charge in [-0.1, -0.05) is 65.3 Å². The molecule has 4 rings (SSSR count). The number of carbonyl (C=O) groups is 1. The number of nitrogens with one attached hydrogen (secondary N) is 1. The Morgan fingerprint density at radius 3 is 2.41 bits per heavy atom. The monoisotopic (exact) mass is 462 g/mol. The maximum absolute atomic E-state index is 12.6. The molecule has 1 heterocycles. The van der Waals surface area contributed by atoms with E-state index in [0.717, 1.165) is 28.1 Å². The van der Waals surface area contributed by atoms with Gasteiger partial charge in [0, 0.05) is 22.0 Å². The molecule has 1 aromatic heterocycles. The molecule has 162 valence electrons. The molecule has 0 aliphatic rings. The molecule has 7 heteroatoms. The first-order valence-electron chi connectivity index (χ1n) is 10.2. The zero-order chi connectivity index (χ0) is 22.7. The van der Waals surface area contributed by atoms with Crippen molar-refractivity contribution >= 4 is 35.0 Å². The standard InChI is InChI=1S/C25H23ClN4OS/c1-16-7-9-19(10-8-16)24-28-29-25(30(24)21-13-11-20(26)12-14-21)32-15-23(31)27-22-6-4-5-17(2)18(22)3/h4-14H,15H2,1-3H3,(H,27,31). The zero-order valence-electron chi connectivity index (χ0n) is 18.1. The van der Waals surface area contributed by atoms with Crippen LogP contribution in [0.25, 0.3) is 17.1 Å². The summed E-state index contributed by atoms with van der Waals surface area (Å²) in [4.78, 5) is 12.6. The summed E-state index contributed by atoms with van der Waals surface area (Å²) in [5.41, 5.74) is 6.04. The van der Waals surface area contributed by atoms with Gasteiger partial charge in [0.1, 0.15) is 0 Å². The van der Waals surface area contributed by atoms with E-state index in [4.69, 9.17) is 11.6 Å². The van der Waals surface area contributed by atoms with E-state index >= 15 is 0 Å². The molecule has 4 aromatic rings. The first-order chi connectivity index (χ1) is 15.4. The third-order valence-corrected chi connectivity index (χ3v) is 6.42. The number of hydrogen-bond donors (Lipinski definition) is 1. The lowest BCUT2D eigenvalue weighted by molar-refractivity contribution is -0.113. The number of amides is 1. The summed E-state index contributed by atoms with van der Waals surface area (Å²) in [5, 5.41) is 13.1. The van der Waals surface area contributed by atoms with Crippen LogP contribution in [0.4, 0.5) is 5.69 Å². The molecule has 0 saturated carbocycles. The van der Waals surface area contributed by atoms with Crippen LogP contribution < -0.4 is 5.32 Å². The van der Waals surface area contributed by atoms with Gasteiger partial charge in [-0.3, -0.25) is 9.36 Å². The van der Waals surface area contributed by atoms with Crippen LogP contribution in [-0.2, 0) is 4.79 Å². The van der Waals surface area contributed by atoms with Gasteiger partial charge in [0.2, 0.25) is 5.91 Å². The van der Waals surface area contributed by atoms with E-state index in [0.29, 0.717) is 16.0 Å². The summed E-state index contributed by atoms with van der Waals surface area (Å²) >= 11 is 7.44. The van der Waals surface area contributed by atoms with Gasteiger partial charge >= 0.3 is 0 Å². The molecule has 0 aliphatic carbocycles. The highest BCUT2D eigenvalue weighted by molar-refractivity contribution is 7.99. The number of nitrogens with zero attached hydrogens (tertiary/aromatic N) is 3. The Hall–Kier alpha value is -3.09. The molecule has 3 aromatic carbocycles. The molecule has 5 nitrogen and oxygen atoms in total. The summed E-state index contributed by atoms with van der Waals surface area (Å²) in [7, 11) is 0. The van der Waals surface area contributed by atoms with Crippen LogP contribution in [-0.4, -0.2) is 26.4 Å². The summed E-state index contributed by atoms with van der Waals surface area (Å²) in [5.74, 6) is 0.837. The number of rotatable bonds is 6. The van der Waals surface area contributed by atoms with Crippen LogP contribution in [0.3, 0.4) is 0 Å². The van der Waals surface area contributed by atoms with Crippen LogP contribution in [0.2, 0.25) is 5.02 Å². The van der Waals surface area contributed by atoms with Gasteiger partial charge in [0.25, 0.3) is 0 Å². The van der Waals surface area contributed by atoms with Crippen molar-refractivity contribution < 1.29 is 4.79 Å². The summed E-state index contributed by atoms with van der Waals surface area (Å²) in [6, 6.07) is 21.5. The average molecular weight is 463 g/mol. The number of thioether (sulfide) groups is 1. The van der Waals surface area contributed by atoms with E-state index in [2.05, 4.69) is 15.5 Å². The Kier molecular flexibility index (Phi) is 6.63. The van der Waals surface area contributed by atoms with Gasteiger partial charge in [-0.15, -0.1) is 10.2 Å². The molecular weight excluding hydrogens is 440 g/mol. The lowest BCUT2D eigenvalue weighted by Crippen LogP contribution is -2.15. The van der Waals surface area contributed by atoms with Crippen LogP contribution in [0.1, 0.15) is 16.7 Å². The summed E-state index contributed by atoms with van der Waals surface area (Å²) in [6.45, 7) is 6.08. The van der Waals surface area contributed by atoms with E-state index in [9.17, 15) is 4.79 Å². The van der Waals surface area contributed by atoms with Crippen LogP contribution >= 0.6 is 23.4 Å². The van der Waals surface area contributed by atoms with Gasteiger partial charge in [0.05, 0.1) is 5.75 Å². The number of aryl methyl sites for hydroxylation is 2. The minimum atomic E-state index is -0.0914. The molecule has 0 unspecified atom stereocenters. The van der Waals surface area contributed by atoms with E-state index < -0.39 is 0 Å². The second-order valence-corrected chi connectivity index (χ2v) is 8.95. The highest BCUT2D eigenvalue weighted by Crippen LogP contribution is 2.29. The van der Waals surface area contributed by atoms with Gasteiger partial charge in [-0.2, -0.15) is 0 Å². The van der Waals surface area contributed by atoms with Gasteiger partial charge in [0.15, 0.2) is 11.0 Å². The molecule has 32 heavy (non-hydrogen) atoms. The lowest BCUT2D eigenvalue weighted by Gasteiger charge is -2.12. The van der Waals surface area contributed by atoms with Crippen molar-refractivity contribution in [3.05, 3.63) is 88.4 Å². The van der Waals surface area contributed by atoms with E-state index in [1.54, 1.807) is 0 Å². The maximum Gasteiger partial charge on any atom is 0.234 e. The zero-order valence-corrected chi connectivity index (χ0v) is 19.7. The predicted octanol–water partition coefficient (Wildman–Crippen LogP) is 6.24. The number of anilines is 1. The van der Waals surface area contributed by atoms with Crippen LogP contribution in [0.15, 0.2) is 71.9 Å². The smallest absolute Gasteiger partial charge is 0.234 e. The van der Waals surface area contributed by atoms with Gasteiger partial charge < -0.3 is 5.32 Å². The van der Waals surface area contributed by atoms with Crippen molar-refractivity contribution in [2.75, 3.05) is 11.1 Å². The number of aromatic nitrogens is 3. The highest BCUT2D eigenvalue weighted by Gasteiger charge is 2.17. The van der Waals surface area contributed by atoms with Crippen LogP contribution in [0, 0.1) is 20.8 Å². The fourth-order valence-corrected chi connectivity index (χ4v) is 4.16. The molecule has 0 spiro atoms. The van der Waals surface area contributed by atoms with Crippen molar-refractivity contribution in [1.29, 1.82) is 0 Å². The Labute approximate surface area is 196 Å². The Balaban J connectivity index is 1.60. The lowest BCUT2D eigenvalue weighted by atomic mass is 10.1. The average Bonchev–Trinajstić information content (AvgIpc) is 3.20. The molecule has 0 atom stereocenters. The van der Waals surface area contributed by atoms with E-state index in [1.807, 2.05) is 92.1 Å². The molecule has 0 fully saturated rings. The molecule has 0 saturated heterocycles. The molecule has 1 amide bonds. The van der Waals surface area contributed by atoms with Gasteiger partial charge in [-0.25, -0.2) is 0 Å². The summed E-state index contributed by atoms with van der Waals surface area (Å²) < 4.78 is 1.96. The van der Waals surface area contributed by atoms with Gasteiger partial charge in [-0.05, 0) is 62.2 Å². The SMILES string of the molecule is Cc1ccc(-c2nnc(SCC(=O)Nc3cccc(C)c3C)n2-c2ccc(Cl)cc2)cc1. The predicted molar refractivity (Wildman–Crippen MR) is 132 cm³/mol. The number of halogens is 1. The minimum absolute atomic E-state index is 0.0914. The maximum atomic E-state index is 12.6. The molecule has 0 aliphatic heterocycles. The van der Waals surface area contributed by atoms with Crippen molar-refractivity contribution in [2.24, 2.45) is 0 Å². The van der Waals surface area contributed by atoms with Crippen LogP contribution in [0.5, 0.6) is 0 Å². The molecular formula is C25H23ClN4OS. The second kappa shape index (κ2) is 9.59. The van der Waals surface area contributed by atoms with Crippen molar-refractivity contribution in [3.8, 4) is 17.1 Å². The van der Waals surface area contributed by atoms with E-state index in [1.165, 1.54) is 17.3 Å². The van der Waals surface area contributed by atoms with Crippen molar-refractivity contribution in [3.63, 3.8) is 0 Å². The fourth-order valence-electron chi connectivity index (χ4n) is 3.28. The topological polar surface area (TPSA) is 59.8 Å². The number of benzene rings is 3. The number of carbonyl (C=O) groups excluding carboxylic acids is 1. The Morgan fingerprint density at radius 1 is 0.969 bits per heavy atom. The number of hydrogen-bond acceptors (Lipinski definition) is 4. The summed E-state index contributed by atoms with van der Waals surface area (Å²) in [6.07, 6.45) is 0. The molecule has 0 bridgehead atoms. The first kappa shape index (κ1) is 22.1. The Bertz CT molecular complexity index is 1250. The first-order valence-corrected chi connectivity index (χ1v) is 11.6. The Morgan fingerprint density at radius 2 is 1.69 bits per heavy atom. The van der Waals surface area contributed by atoms with Crippen molar-refractivity contribution in [2.45, 2.75) is 25.9 Å². The largest absolute Gasteiger partial charge is 0.325 e.